The maximum absolute atomic E-state index is 5.94. The molecule has 0 aliphatic carbocycles. The highest BCUT2D eigenvalue weighted by atomic mass is 35.5. The van der Waals surface area contributed by atoms with Crippen LogP contribution in [0.2, 0.25) is 10.2 Å². The van der Waals surface area contributed by atoms with Crippen LogP contribution in [0.3, 0.4) is 0 Å². The minimum absolute atomic E-state index is 0.293. The van der Waals surface area contributed by atoms with E-state index in [0.717, 1.165) is 5.69 Å². The summed E-state index contributed by atoms with van der Waals surface area (Å²) in [5, 5.41) is 5.13. The molecule has 0 amide bonds. The molecule has 0 radical (unpaired) electrons. The van der Waals surface area contributed by atoms with E-state index in [-0.39, 0.29) is 0 Å². The molecule has 2 aromatic rings. The zero-order valence-electron chi connectivity index (χ0n) is 9.31. The van der Waals surface area contributed by atoms with E-state index >= 15 is 0 Å². The van der Waals surface area contributed by atoms with Crippen molar-refractivity contribution in [2.75, 3.05) is 7.11 Å². The van der Waals surface area contributed by atoms with Crippen molar-refractivity contribution >= 4 is 23.2 Å². The highest BCUT2D eigenvalue weighted by molar-refractivity contribution is 6.31. The molecule has 0 fully saturated rings. The fraction of sp³-hybridized carbons (Fsp3) is 0.300. The van der Waals surface area contributed by atoms with Gasteiger partial charge in [0.2, 0.25) is 0 Å². The minimum Gasteiger partial charge on any atom is -0.377 e. The third-order valence-corrected chi connectivity index (χ3v) is 2.64. The molecule has 0 atom stereocenters. The maximum Gasteiger partial charge on any atom is 0.158 e. The largest absolute Gasteiger partial charge is 0.377 e. The predicted octanol–water partition coefficient (Wildman–Crippen LogP) is 2.42. The lowest BCUT2D eigenvalue weighted by molar-refractivity contribution is 0.177. The van der Waals surface area contributed by atoms with Gasteiger partial charge in [-0.05, 0) is 6.92 Å². The van der Waals surface area contributed by atoms with Gasteiger partial charge < -0.3 is 4.74 Å². The summed E-state index contributed by atoms with van der Waals surface area (Å²) in [4.78, 5) is 8.30. The van der Waals surface area contributed by atoms with Crippen LogP contribution in [0, 0.1) is 6.92 Å². The molecule has 0 aliphatic heterocycles. The van der Waals surface area contributed by atoms with E-state index in [1.165, 1.54) is 0 Å². The molecule has 0 spiro atoms. The van der Waals surface area contributed by atoms with E-state index in [1.54, 1.807) is 24.1 Å². The van der Waals surface area contributed by atoms with Gasteiger partial charge in [-0.25, -0.2) is 14.6 Å². The molecule has 2 heterocycles. The van der Waals surface area contributed by atoms with Crippen LogP contribution in [0.1, 0.15) is 11.5 Å². The molecular formula is C10H10Cl2N4O. The van der Waals surface area contributed by atoms with Crippen molar-refractivity contribution in [3.05, 3.63) is 34.0 Å². The Morgan fingerprint density at radius 1 is 1.35 bits per heavy atom. The average Bonchev–Trinajstić information content (AvgIpc) is 2.59. The number of nitrogens with zero attached hydrogens (tertiary/aromatic N) is 4. The second-order valence-electron chi connectivity index (χ2n) is 3.41. The van der Waals surface area contributed by atoms with Gasteiger partial charge in [-0.15, -0.1) is 0 Å². The van der Waals surface area contributed by atoms with E-state index in [1.807, 2.05) is 6.92 Å². The summed E-state index contributed by atoms with van der Waals surface area (Å²) < 4.78 is 6.52. The maximum atomic E-state index is 5.94. The standard InChI is InChI=1S/C10H10Cl2N4O/c1-6-7(11)4-16(15-6)10-3-8(12)13-9(14-10)5-17-2/h3-4H,5H2,1-2H3. The molecule has 17 heavy (non-hydrogen) atoms. The van der Waals surface area contributed by atoms with Gasteiger partial charge in [-0.1, -0.05) is 23.2 Å². The highest BCUT2D eigenvalue weighted by Gasteiger charge is 2.08. The van der Waals surface area contributed by atoms with Crippen molar-refractivity contribution in [3.63, 3.8) is 0 Å². The number of hydrogen-bond donors (Lipinski definition) is 0. The van der Waals surface area contributed by atoms with E-state index in [0.29, 0.717) is 28.4 Å². The Morgan fingerprint density at radius 3 is 2.71 bits per heavy atom. The van der Waals surface area contributed by atoms with Crippen molar-refractivity contribution in [2.45, 2.75) is 13.5 Å². The van der Waals surface area contributed by atoms with Crippen LogP contribution in [0.15, 0.2) is 12.3 Å². The van der Waals surface area contributed by atoms with E-state index < -0.39 is 0 Å². The first-order valence-electron chi connectivity index (χ1n) is 4.84. The van der Waals surface area contributed by atoms with Gasteiger partial charge in [0.15, 0.2) is 11.6 Å². The van der Waals surface area contributed by atoms with Crippen LogP contribution in [0.25, 0.3) is 5.82 Å². The molecule has 0 N–H and O–H groups in total. The first-order valence-corrected chi connectivity index (χ1v) is 5.60. The summed E-state index contributed by atoms with van der Waals surface area (Å²) in [6.45, 7) is 2.11. The molecule has 2 rings (SSSR count). The normalized spacial score (nSPS) is 10.8. The zero-order chi connectivity index (χ0) is 12.4. The van der Waals surface area contributed by atoms with Crippen molar-refractivity contribution in [3.8, 4) is 5.82 Å². The number of aromatic nitrogens is 4. The number of rotatable bonds is 3. The van der Waals surface area contributed by atoms with Crippen molar-refractivity contribution in [1.82, 2.24) is 19.7 Å². The Balaban J connectivity index is 2.44. The van der Waals surface area contributed by atoms with Gasteiger partial charge in [0.05, 0.1) is 16.9 Å². The molecule has 0 bridgehead atoms. The molecule has 0 aliphatic rings. The Bertz CT molecular complexity index is 522. The van der Waals surface area contributed by atoms with Gasteiger partial charge >= 0.3 is 0 Å². The average molecular weight is 273 g/mol. The molecule has 0 unspecified atom stereocenters. The summed E-state index contributed by atoms with van der Waals surface area (Å²) in [6, 6.07) is 1.61. The summed E-state index contributed by atoms with van der Waals surface area (Å²) in [6.07, 6.45) is 1.67. The molecule has 0 saturated carbocycles. The summed E-state index contributed by atoms with van der Waals surface area (Å²) in [7, 11) is 1.57. The van der Waals surface area contributed by atoms with Crippen LogP contribution < -0.4 is 0 Å². The second kappa shape index (κ2) is 5.00. The summed E-state index contributed by atoms with van der Waals surface area (Å²) >= 11 is 11.8. The first kappa shape index (κ1) is 12.3. The summed E-state index contributed by atoms with van der Waals surface area (Å²) in [5.74, 6) is 1.06. The Labute approximate surface area is 108 Å². The van der Waals surface area contributed by atoms with Gasteiger partial charge in [0.1, 0.15) is 11.8 Å². The second-order valence-corrected chi connectivity index (χ2v) is 4.20. The molecule has 2 aromatic heterocycles. The Hall–Kier alpha value is -1.17. The molecule has 0 aromatic carbocycles. The zero-order valence-corrected chi connectivity index (χ0v) is 10.8. The number of ether oxygens (including phenoxy) is 1. The van der Waals surface area contributed by atoms with Crippen molar-refractivity contribution in [2.24, 2.45) is 0 Å². The fourth-order valence-corrected chi connectivity index (χ4v) is 1.64. The molecule has 5 nitrogen and oxygen atoms in total. The smallest absolute Gasteiger partial charge is 0.158 e. The van der Waals surface area contributed by atoms with Crippen LogP contribution in [-0.4, -0.2) is 26.9 Å². The van der Waals surface area contributed by atoms with Gasteiger partial charge in [0.25, 0.3) is 0 Å². The SMILES string of the molecule is COCc1nc(Cl)cc(-n2cc(Cl)c(C)n2)n1. The molecule has 90 valence electrons. The Kier molecular flexibility index (Phi) is 3.61. The molecule has 7 heteroatoms. The molecule has 0 saturated heterocycles. The molecular weight excluding hydrogens is 263 g/mol. The number of aryl methyl sites for hydroxylation is 1. The van der Waals surface area contributed by atoms with Crippen molar-refractivity contribution < 1.29 is 4.74 Å². The summed E-state index contributed by atoms with van der Waals surface area (Å²) in [5.41, 5.74) is 0.731. The van der Waals surface area contributed by atoms with Crippen LogP contribution >= 0.6 is 23.2 Å². The lowest BCUT2D eigenvalue weighted by Gasteiger charge is -2.04. The lowest BCUT2D eigenvalue weighted by Crippen LogP contribution is -2.04. The quantitative estimate of drug-likeness (QED) is 0.806. The first-order chi connectivity index (χ1) is 8.10. The number of methoxy groups -OCH3 is 1. The van der Waals surface area contributed by atoms with Crippen LogP contribution in [0.4, 0.5) is 0 Å². The minimum atomic E-state index is 0.293. The highest BCUT2D eigenvalue weighted by Crippen LogP contribution is 2.17. The van der Waals surface area contributed by atoms with Gasteiger partial charge in [-0.2, -0.15) is 5.10 Å². The van der Waals surface area contributed by atoms with Gasteiger partial charge in [-0.3, -0.25) is 0 Å². The fourth-order valence-electron chi connectivity index (χ4n) is 1.32. The third kappa shape index (κ3) is 2.74. The van der Waals surface area contributed by atoms with Crippen molar-refractivity contribution in [1.29, 1.82) is 0 Å². The van der Waals surface area contributed by atoms with Crippen LogP contribution in [0.5, 0.6) is 0 Å². The lowest BCUT2D eigenvalue weighted by atomic mass is 10.5. The topological polar surface area (TPSA) is 52.8 Å². The predicted molar refractivity (Wildman–Crippen MR) is 64.6 cm³/mol. The number of hydrogen-bond acceptors (Lipinski definition) is 4. The van der Waals surface area contributed by atoms with Crippen LogP contribution in [-0.2, 0) is 11.3 Å². The van der Waals surface area contributed by atoms with E-state index in [2.05, 4.69) is 15.1 Å². The van der Waals surface area contributed by atoms with Gasteiger partial charge in [0, 0.05) is 13.2 Å². The third-order valence-electron chi connectivity index (χ3n) is 2.07. The monoisotopic (exact) mass is 272 g/mol. The van der Waals surface area contributed by atoms with E-state index in [9.17, 15) is 0 Å². The van der Waals surface area contributed by atoms with E-state index in [4.69, 9.17) is 27.9 Å². The number of halogens is 2. The Morgan fingerprint density at radius 2 is 2.12 bits per heavy atom.